The maximum Gasteiger partial charge on any atom is 0.269 e. The summed E-state index contributed by atoms with van der Waals surface area (Å²) in [5.41, 5.74) is 5.22. The summed E-state index contributed by atoms with van der Waals surface area (Å²) in [6, 6.07) is 3.12. The minimum atomic E-state index is -0.361. The monoisotopic (exact) mass is 252 g/mol. The van der Waals surface area contributed by atoms with E-state index in [1.54, 1.807) is 19.1 Å². The summed E-state index contributed by atoms with van der Waals surface area (Å²) in [5.74, 6) is -0.582. The Labute approximate surface area is 104 Å². The molecular formula is C10H12N4O2S. The van der Waals surface area contributed by atoms with Gasteiger partial charge in [0, 0.05) is 24.4 Å². The molecule has 1 aromatic heterocycles. The van der Waals surface area contributed by atoms with E-state index in [1.807, 2.05) is 0 Å². The van der Waals surface area contributed by atoms with Gasteiger partial charge < -0.3 is 5.32 Å². The fourth-order valence-electron chi connectivity index (χ4n) is 0.935. The van der Waals surface area contributed by atoms with Crippen LogP contribution in [0.1, 0.15) is 23.7 Å². The normalized spacial score (nSPS) is 9.24. The number of amides is 2. The molecule has 7 heteroatoms. The van der Waals surface area contributed by atoms with Crippen LogP contribution in [0.5, 0.6) is 0 Å². The van der Waals surface area contributed by atoms with E-state index in [1.165, 1.54) is 12.4 Å². The fraction of sp³-hybridized carbons (Fsp3) is 0.200. The molecule has 0 aromatic carbocycles. The van der Waals surface area contributed by atoms with Crippen molar-refractivity contribution in [2.45, 2.75) is 13.3 Å². The second-order valence-electron chi connectivity index (χ2n) is 3.05. The number of hydrazine groups is 1. The average Bonchev–Trinajstić information content (AvgIpc) is 2.36. The Hall–Kier alpha value is -2.02. The lowest BCUT2D eigenvalue weighted by Crippen LogP contribution is -2.48. The number of nitrogens with zero attached hydrogens (tertiary/aromatic N) is 1. The van der Waals surface area contributed by atoms with Gasteiger partial charge >= 0.3 is 0 Å². The summed E-state index contributed by atoms with van der Waals surface area (Å²) >= 11 is 4.79. The van der Waals surface area contributed by atoms with Crippen LogP contribution in [0.3, 0.4) is 0 Å². The summed E-state index contributed by atoms with van der Waals surface area (Å²) in [6.45, 7) is 1.70. The van der Waals surface area contributed by atoms with Gasteiger partial charge in [-0.1, -0.05) is 6.92 Å². The number of hydrogen-bond acceptors (Lipinski definition) is 4. The summed E-state index contributed by atoms with van der Waals surface area (Å²) in [6.07, 6.45) is 3.33. The first-order valence-corrected chi connectivity index (χ1v) is 5.34. The van der Waals surface area contributed by atoms with Crippen molar-refractivity contribution in [1.82, 2.24) is 21.2 Å². The standard InChI is InChI=1S/C10H12N4O2S/c1-2-8(15)12-10(17)14-13-9(16)7-3-5-11-6-4-7/h3-6H,2H2,1H3,(H,13,16)(H2,12,14,15,17). The topological polar surface area (TPSA) is 83.1 Å². The van der Waals surface area contributed by atoms with Gasteiger partial charge in [0.1, 0.15) is 0 Å². The van der Waals surface area contributed by atoms with Crippen molar-refractivity contribution in [1.29, 1.82) is 0 Å². The van der Waals surface area contributed by atoms with Crippen LogP contribution < -0.4 is 16.2 Å². The molecule has 0 bridgehead atoms. The zero-order chi connectivity index (χ0) is 12.7. The van der Waals surface area contributed by atoms with Crippen LogP contribution in [0.2, 0.25) is 0 Å². The number of rotatable bonds is 2. The Balaban J connectivity index is 2.39. The predicted molar refractivity (Wildman–Crippen MR) is 65.9 cm³/mol. The Kier molecular flexibility index (Phi) is 5.02. The minimum absolute atomic E-state index is 0.0549. The molecule has 17 heavy (non-hydrogen) atoms. The quantitative estimate of drug-likeness (QED) is 0.514. The summed E-state index contributed by atoms with van der Waals surface area (Å²) < 4.78 is 0. The number of aromatic nitrogens is 1. The number of thiocarbonyl (C=S) groups is 1. The highest BCUT2D eigenvalue weighted by Crippen LogP contribution is 1.94. The largest absolute Gasteiger partial charge is 0.302 e. The van der Waals surface area contributed by atoms with Gasteiger partial charge in [-0.3, -0.25) is 25.4 Å². The van der Waals surface area contributed by atoms with E-state index in [4.69, 9.17) is 12.2 Å². The third-order valence-corrected chi connectivity index (χ3v) is 2.01. The Bertz CT molecular complexity index is 422. The first-order chi connectivity index (χ1) is 8.13. The smallest absolute Gasteiger partial charge is 0.269 e. The minimum Gasteiger partial charge on any atom is -0.302 e. The number of nitrogens with one attached hydrogen (secondary N) is 3. The third kappa shape index (κ3) is 4.56. The lowest BCUT2D eigenvalue weighted by atomic mass is 10.3. The number of pyridine rings is 1. The van der Waals surface area contributed by atoms with Crippen molar-refractivity contribution >= 4 is 29.1 Å². The van der Waals surface area contributed by atoms with E-state index in [0.717, 1.165) is 0 Å². The Morgan fingerprint density at radius 2 is 1.94 bits per heavy atom. The van der Waals surface area contributed by atoms with E-state index in [2.05, 4.69) is 21.2 Å². The van der Waals surface area contributed by atoms with Crippen LogP contribution in [-0.2, 0) is 4.79 Å². The molecule has 0 aliphatic heterocycles. The molecular weight excluding hydrogens is 240 g/mol. The Morgan fingerprint density at radius 1 is 1.29 bits per heavy atom. The maximum absolute atomic E-state index is 11.5. The SMILES string of the molecule is CCC(=O)NC(=S)NNC(=O)c1ccncc1. The second kappa shape index (κ2) is 6.54. The van der Waals surface area contributed by atoms with Gasteiger partial charge in [0.25, 0.3) is 5.91 Å². The van der Waals surface area contributed by atoms with E-state index < -0.39 is 0 Å². The molecule has 2 amide bonds. The van der Waals surface area contributed by atoms with E-state index >= 15 is 0 Å². The van der Waals surface area contributed by atoms with Crippen LogP contribution in [0.4, 0.5) is 0 Å². The molecule has 0 saturated carbocycles. The third-order valence-electron chi connectivity index (χ3n) is 1.81. The highest BCUT2D eigenvalue weighted by atomic mass is 32.1. The molecule has 0 saturated heterocycles. The van der Waals surface area contributed by atoms with Gasteiger partial charge in [0.15, 0.2) is 5.11 Å². The summed E-state index contributed by atoms with van der Waals surface area (Å²) in [7, 11) is 0. The average molecular weight is 252 g/mol. The van der Waals surface area contributed by atoms with Crippen molar-refractivity contribution in [3.05, 3.63) is 30.1 Å². The molecule has 1 rings (SSSR count). The first-order valence-electron chi connectivity index (χ1n) is 4.93. The van der Waals surface area contributed by atoms with E-state index in [0.29, 0.717) is 12.0 Å². The summed E-state index contributed by atoms with van der Waals surface area (Å²) in [4.78, 5) is 26.3. The molecule has 0 unspecified atom stereocenters. The van der Waals surface area contributed by atoms with Gasteiger partial charge in [-0.25, -0.2) is 0 Å². The number of carbonyl (C=O) groups excluding carboxylic acids is 2. The summed E-state index contributed by atoms with van der Waals surface area (Å²) in [5, 5.41) is 2.45. The van der Waals surface area contributed by atoms with Crippen molar-refractivity contribution in [2.24, 2.45) is 0 Å². The van der Waals surface area contributed by atoms with Gasteiger partial charge in [-0.15, -0.1) is 0 Å². The van der Waals surface area contributed by atoms with Crippen molar-refractivity contribution in [2.75, 3.05) is 0 Å². The van der Waals surface area contributed by atoms with Crippen LogP contribution in [0, 0.1) is 0 Å². The first kappa shape index (κ1) is 13.0. The predicted octanol–water partition coefficient (Wildman–Crippen LogP) is 0.127. The molecule has 0 aliphatic carbocycles. The molecule has 0 radical (unpaired) electrons. The number of hydrogen-bond donors (Lipinski definition) is 3. The van der Waals surface area contributed by atoms with Crippen LogP contribution in [-0.4, -0.2) is 21.9 Å². The molecule has 1 heterocycles. The fourth-order valence-corrected chi connectivity index (χ4v) is 1.10. The van der Waals surface area contributed by atoms with E-state index in [9.17, 15) is 9.59 Å². The van der Waals surface area contributed by atoms with Gasteiger partial charge in [-0.05, 0) is 24.4 Å². The van der Waals surface area contributed by atoms with Crippen LogP contribution >= 0.6 is 12.2 Å². The lowest BCUT2D eigenvalue weighted by molar-refractivity contribution is -0.119. The zero-order valence-electron chi connectivity index (χ0n) is 9.19. The molecule has 0 fully saturated rings. The Morgan fingerprint density at radius 3 is 2.53 bits per heavy atom. The number of carbonyl (C=O) groups is 2. The highest BCUT2D eigenvalue weighted by molar-refractivity contribution is 7.80. The lowest BCUT2D eigenvalue weighted by Gasteiger charge is -2.09. The van der Waals surface area contributed by atoms with Crippen LogP contribution in [0.15, 0.2) is 24.5 Å². The molecule has 6 nitrogen and oxygen atoms in total. The van der Waals surface area contributed by atoms with Crippen LogP contribution in [0.25, 0.3) is 0 Å². The molecule has 3 N–H and O–H groups in total. The second-order valence-corrected chi connectivity index (χ2v) is 3.45. The van der Waals surface area contributed by atoms with Crippen molar-refractivity contribution in [3.8, 4) is 0 Å². The van der Waals surface area contributed by atoms with Crippen molar-refractivity contribution < 1.29 is 9.59 Å². The molecule has 1 aromatic rings. The molecule has 0 spiro atoms. The highest BCUT2D eigenvalue weighted by Gasteiger charge is 2.05. The van der Waals surface area contributed by atoms with Gasteiger partial charge in [-0.2, -0.15) is 0 Å². The van der Waals surface area contributed by atoms with Gasteiger partial charge in [0.05, 0.1) is 0 Å². The van der Waals surface area contributed by atoms with Gasteiger partial charge in [0.2, 0.25) is 5.91 Å². The molecule has 0 atom stereocenters. The maximum atomic E-state index is 11.5. The van der Waals surface area contributed by atoms with Crippen molar-refractivity contribution in [3.63, 3.8) is 0 Å². The van der Waals surface area contributed by atoms with E-state index in [-0.39, 0.29) is 16.9 Å². The molecule has 90 valence electrons. The zero-order valence-corrected chi connectivity index (χ0v) is 10.0. The molecule has 0 aliphatic rings.